The molecule has 0 atom stereocenters. The highest BCUT2D eigenvalue weighted by Crippen LogP contribution is 1.97. The number of nitrogens with two attached hydrogens (primary N) is 1. The van der Waals surface area contributed by atoms with Gasteiger partial charge in [-0.3, -0.25) is 0 Å². The molecule has 0 fully saturated rings. The summed E-state index contributed by atoms with van der Waals surface area (Å²) < 4.78 is 0. The van der Waals surface area contributed by atoms with Crippen molar-refractivity contribution in [3.63, 3.8) is 0 Å². The van der Waals surface area contributed by atoms with Crippen molar-refractivity contribution >= 4 is 0 Å². The van der Waals surface area contributed by atoms with Gasteiger partial charge in [-0.15, -0.1) is 0 Å². The molecular formula is C10H27NO. The number of hydrogen-bond donors (Lipinski definition) is 1. The average Bonchev–Trinajstić information content (AvgIpc) is 2.19. The van der Waals surface area contributed by atoms with Gasteiger partial charge in [0.15, 0.2) is 0 Å². The van der Waals surface area contributed by atoms with Crippen molar-refractivity contribution in [3.05, 3.63) is 0 Å². The Hall–Kier alpha value is -0.0800. The fourth-order valence-corrected chi connectivity index (χ4v) is 0.612. The summed E-state index contributed by atoms with van der Waals surface area (Å²) in [4.78, 5) is 4.39. The smallest absolute Gasteiger partial charge is 0.0679 e. The van der Waals surface area contributed by atoms with E-state index in [1.165, 1.54) is 19.3 Å². The van der Waals surface area contributed by atoms with E-state index in [-0.39, 0.29) is 0 Å². The SMILES string of the molecule is CC.CC.CCCCCCON. The van der Waals surface area contributed by atoms with Gasteiger partial charge in [0.1, 0.15) is 0 Å². The van der Waals surface area contributed by atoms with Crippen LogP contribution in [0.3, 0.4) is 0 Å². The lowest BCUT2D eigenvalue weighted by molar-refractivity contribution is 0.133. The molecule has 2 heteroatoms. The van der Waals surface area contributed by atoms with Gasteiger partial charge in [0.2, 0.25) is 0 Å². The van der Waals surface area contributed by atoms with E-state index >= 15 is 0 Å². The summed E-state index contributed by atoms with van der Waals surface area (Å²) in [6, 6.07) is 0. The topological polar surface area (TPSA) is 35.2 Å². The standard InChI is InChI=1S/C6H15NO.2C2H6/c1-2-3-4-5-6-8-7;2*1-2/h2-7H2,1H3;2*1-2H3. The van der Waals surface area contributed by atoms with Crippen LogP contribution >= 0.6 is 0 Å². The first-order chi connectivity index (χ1) is 5.91. The van der Waals surface area contributed by atoms with Gasteiger partial charge in [-0.2, -0.15) is 0 Å². The van der Waals surface area contributed by atoms with Crippen molar-refractivity contribution in [2.45, 2.75) is 60.3 Å². The van der Waals surface area contributed by atoms with Gasteiger partial charge in [-0.25, -0.2) is 5.90 Å². The maximum absolute atomic E-state index is 4.81. The molecule has 0 amide bonds. The van der Waals surface area contributed by atoms with E-state index in [2.05, 4.69) is 11.8 Å². The van der Waals surface area contributed by atoms with E-state index < -0.39 is 0 Å². The molecule has 0 aliphatic rings. The number of unbranched alkanes of at least 4 members (excludes halogenated alkanes) is 3. The van der Waals surface area contributed by atoms with Crippen molar-refractivity contribution in [2.24, 2.45) is 5.90 Å². The van der Waals surface area contributed by atoms with Crippen LogP contribution in [0.2, 0.25) is 0 Å². The molecule has 0 aromatic rings. The highest BCUT2D eigenvalue weighted by molar-refractivity contribution is 4.36. The third kappa shape index (κ3) is 32.6. The Morgan fingerprint density at radius 2 is 1.42 bits per heavy atom. The summed E-state index contributed by atoms with van der Waals surface area (Å²) in [5.41, 5.74) is 0. The zero-order valence-electron chi connectivity index (χ0n) is 9.52. The summed E-state index contributed by atoms with van der Waals surface area (Å²) in [5.74, 6) is 4.81. The number of hydrogen-bond acceptors (Lipinski definition) is 2. The van der Waals surface area contributed by atoms with E-state index in [1.54, 1.807) is 0 Å². The molecule has 0 saturated carbocycles. The first-order valence-electron chi connectivity index (χ1n) is 5.23. The minimum absolute atomic E-state index is 0.708. The van der Waals surface area contributed by atoms with Crippen LogP contribution in [0.5, 0.6) is 0 Å². The molecule has 0 saturated heterocycles. The molecule has 0 heterocycles. The van der Waals surface area contributed by atoms with E-state index in [4.69, 9.17) is 5.90 Å². The van der Waals surface area contributed by atoms with Gasteiger partial charge in [-0.05, 0) is 6.42 Å². The van der Waals surface area contributed by atoms with Crippen LogP contribution in [0.4, 0.5) is 0 Å². The maximum Gasteiger partial charge on any atom is 0.0679 e. The highest BCUT2D eigenvalue weighted by atomic mass is 16.6. The zero-order valence-corrected chi connectivity index (χ0v) is 9.52. The molecule has 78 valence electrons. The van der Waals surface area contributed by atoms with Crippen molar-refractivity contribution in [2.75, 3.05) is 6.61 Å². The molecule has 2 N–H and O–H groups in total. The summed E-state index contributed by atoms with van der Waals surface area (Å²) >= 11 is 0. The Labute approximate surface area is 78.4 Å². The summed E-state index contributed by atoms with van der Waals surface area (Å²) in [6.07, 6.45) is 4.91. The van der Waals surface area contributed by atoms with Crippen LogP contribution in [-0.4, -0.2) is 6.61 Å². The molecule has 0 bridgehead atoms. The molecule has 0 unspecified atom stereocenters. The largest absolute Gasteiger partial charge is 0.305 e. The van der Waals surface area contributed by atoms with Gasteiger partial charge in [0, 0.05) is 0 Å². The molecule has 0 aromatic carbocycles. The van der Waals surface area contributed by atoms with Crippen LogP contribution in [-0.2, 0) is 4.84 Å². The maximum atomic E-state index is 4.81. The molecule has 0 radical (unpaired) electrons. The van der Waals surface area contributed by atoms with Gasteiger partial charge in [0.25, 0.3) is 0 Å². The second-order valence-corrected chi connectivity index (χ2v) is 1.93. The van der Waals surface area contributed by atoms with E-state index in [0.717, 1.165) is 6.42 Å². The van der Waals surface area contributed by atoms with Gasteiger partial charge >= 0.3 is 0 Å². The lowest BCUT2D eigenvalue weighted by Crippen LogP contribution is -1.99. The predicted molar refractivity (Wildman–Crippen MR) is 57.0 cm³/mol. The first-order valence-corrected chi connectivity index (χ1v) is 5.23. The summed E-state index contributed by atoms with van der Waals surface area (Å²) in [5, 5.41) is 0. The fourth-order valence-electron chi connectivity index (χ4n) is 0.612. The quantitative estimate of drug-likeness (QED) is 0.515. The third-order valence-corrected chi connectivity index (χ3v) is 1.12. The fraction of sp³-hybridized carbons (Fsp3) is 1.00. The lowest BCUT2D eigenvalue weighted by Gasteiger charge is -1.94. The monoisotopic (exact) mass is 177 g/mol. The number of rotatable bonds is 5. The Morgan fingerprint density at radius 1 is 0.917 bits per heavy atom. The zero-order chi connectivity index (χ0) is 10.2. The lowest BCUT2D eigenvalue weighted by atomic mass is 10.2. The minimum Gasteiger partial charge on any atom is -0.305 e. The van der Waals surface area contributed by atoms with Gasteiger partial charge < -0.3 is 4.84 Å². The molecule has 2 nitrogen and oxygen atoms in total. The van der Waals surface area contributed by atoms with E-state index in [1.807, 2.05) is 27.7 Å². The van der Waals surface area contributed by atoms with Crippen LogP contribution < -0.4 is 5.90 Å². The molecular weight excluding hydrogens is 150 g/mol. The van der Waals surface area contributed by atoms with Crippen LogP contribution in [0.25, 0.3) is 0 Å². The van der Waals surface area contributed by atoms with Crippen LogP contribution in [0, 0.1) is 0 Å². The van der Waals surface area contributed by atoms with Gasteiger partial charge in [0.05, 0.1) is 6.61 Å². The van der Waals surface area contributed by atoms with Crippen molar-refractivity contribution in [1.29, 1.82) is 0 Å². The average molecular weight is 177 g/mol. The Bertz CT molecular complexity index is 34.8. The van der Waals surface area contributed by atoms with Crippen molar-refractivity contribution < 1.29 is 4.84 Å². The second kappa shape index (κ2) is 30.7. The predicted octanol–water partition coefficient (Wildman–Crippen LogP) is 3.51. The van der Waals surface area contributed by atoms with Crippen LogP contribution in [0.15, 0.2) is 0 Å². The van der Waals surface area contributed by atoms with E-state index in [9.17, 15) is 0 Å². The molecule has 0 spiro atoms. The normalized spacial score (nSPS) is 7.50. The van der Waals surface area contributed by atoms with Crippen molar-refractivity contribution in [1.82, 2.24) is 0 Å². The Morgan fingerprint density at radius 3 is 1.75 bits per heavy atom. The summed E-state index contributed by atoms with van der Waals surface area (Å²) in [7, 11) is 0. The van der Waals surface area contributed by atoms with Crippen LogP contribution in [0.1, 0.15) is 60.3 Å². The minimum atomic E-state index is 0.708. The van der Waals surface area contributed by atoms with Crippen molar-refractivity contribution in [3.8, 4) is 0 Å². The molecule has 0 aromatic heterocycles. The van der Waals surface area contributed by atoms with E-state index in [0.29, 0.717) is 6.61 Å². The molecule has 12 heavy (non-hydrogen) atoms. The van der Waals surface area contributed by atoms with Gasteiger partial charge in [-0.1, -0.05) is 53.9 Å². The first kappa shape index (κ1) is 17.9. The Balaban J connectivity index is -0.000000175. The second-order valence-electron chi connectivity index (χ2n) is 1.93. The third-order valence-electron chi connectivity index (χ3n) is 1.12. The molecule has 0 aliphatic heterocycles. The molecule has 0 rings (SSSR count). The Kier molecular flexibility index (Phi) is 45.6. The summed E-state index contributed by atoms with van der Waals surface area (Å²) in [6.45, 7) is 10.9. The molecule has 0 aliphatic carbocycles. The highest BCUT2D eigenvalue weighted by Gasteiger charge is 1.83.